The van der Waals surface area contributed by atoms with Crippen molar-refractivity contribution in [2.75, 3.05) is 13.7 Å². The maximum absolute atomic E-state index is 12.4. The van der Waals surface area contributed by atoms with Gasteiger partial charge < -0.3 is 9.30 Å². The van der Waals surface area contributed by atoms with E-state index in [1.165, 1.54) is 7.11 Å². The molecule has 0 spiro atoms. The number of imide groups is 1. The number of hydrogen-bond acceptors (Lipinski definition) is 5. The maximum Gasteiger partial charge on any atom is 0.325 e. The lowest BCUT2D eigenvalue weighted by molar-refractivity contribution is -0.143. The van der Waals surface area contributed by atoms with Gasteiger partial charge in [0.15, 0.2) is 0 Å². The van der Waals surface area contributed by atoms with E-state index in [2.05, 4.69) is 23.2 Å². The van der Waals surface area contributed by atoms with Crippen molar-refractivity contribution in [1.29, 1.82) is 0 Å². The van der Waals surface area contributed by atoms with Crippen LogP contribution in [-0.4, -0.2) is 40.2 Å². The van der Waals surface area contributed by atoms with E-state index >= 15 is 0 Å². The third-order valence-corrected chi connectivity index (χ3v) is 4.91. The molecule has 1 fully saturated rings. The first-order valence-electron chi connectivity index (χ1n) is 7.84. The van der Waals surface area contributed by atoms with Gasteiger partial charge in [0.25, 0.3) is 11.1 Å². The molecular weight excluding hydrogens is 340 g/mol. The number of esters is 1. The van der Waals surface area contributed by atoms with E-state index in [1.54, 1.807) is 6.08 Å². The van der Waals surface area contributed by atoms with Crippen molar-refractivity contribution in [2.45, 2.75) is 19.9 Å². The van der Waals surface area contributed by atoms with Gasteiger partial charge in [-0.25, -0.2) is 0 Å². The van der Waals surface area contributed by atoms with Gasteiger partial charge in [-0.05, 0) is 37.8 Å². The van der Waals surface area contributed by atoms with E-state index in [1.807, 2.05) is 30.5 Å². The highest BCUT2D eigenvalue weighted by molar-refractivity contribution is 8.18. The first-order valence-corrected chi connectivity index (χ1v) is 8.65. The predicted octanol–water partition coefficient (Wildman–Crippen LogP) is 3.43. The molecule has 0 N–H and O–H groups in total. The fourth-order valence-electron chi connectivity index (χ4n) is 2.75. The van der Waals surface area contributed by atoms with Crippen LogP contribution >= 0.6 is 11.8 Å². The number of carbonyl (C=O) groups excluding carboxylic acids is 3. The molecular formula is C18H18N2O4S. The molecule has 6 nitrogen and oxygen atoms in total. The van der Waals surface area contributed by atoms with E-state index < -0.39 is 17.1 Å². The number of amides is 2. The molecule has 2 aromatic rings. The van der Waals surface area contributed by atoms with E-state index in [0.717, 1.165) is 33.1 Å². The molecule has 1 saturated heterocycles. The topological polar surface area (TPSA) is 68.6 Å². The summed E-state index contributed by atoms with van der Waals surface area (Å²) in [6, 6.07) is 8.18. The molecule has 1 aliphatic rings. The van der Waals surface area contributed by atoms with Crippen molar-refractivity contribution < 1.29 is 19.1 Å². The van der Waals surface area contributed by atoms with E-state index in [4.69, 9.17) is 0 Å². The first kappa shape index (κ1) is 17.3. The normalized spacial score (nSPS) is 16.5. The van der Waals surface area contributed by atoms with Crippen LogP contribution in [0.2, 0.25) is 0 Å². The molecule has 0 saturated carbocycles. The van der Waals surface area contributed by atoms with Gasteiger partial charge in [0, 0.05) is 28.7 Å². The first-order chi connectivity index (χ1) is 11.9. The molecule has 3 rings (SSSR count). The molecule has 2 amide bonds. The monoisotopic (exact) mass is 358 g/mol. The molecule has 0 bridgehead atoms. The third kappa shape index (κ3) is 3.19. The average molecular weight is 358 g/mol. The fraction of sp³-hybridized carbons (Fsp3) is 0.278. The maximum atomic E-state index is 12.4. The van der Waals surface area contributed by atoms with Crippen LogP contribution in [0.4, 0.5) is 4.79 Å². The molecule has 1 aromatic heterocycles. The Morgan fingerprint density at radius 3 is 2.68 bits per heavy atom. The molecule has 1 aliphatic heterocycles. The molecule has 0 atom stereocenters. The van der Waals surface area contributed by atoms with Crippen molar-refractivity contribution >= 4 is 45.9 Å². The Morgan fingerprint density at radius 2 is 2.00 bits per heavy atom. The Kier molecular flexibility index (Phi) is 4.67. The summed E-state index contributed by atoms with van der Waals surface area (Å²) >= 11 is 0.837. The minimum Gasteiger partial charge on any atom is -0.468 e. The number of ether oxygens (including phenoxy) is 1. The van der Waals surface area contributed by atoms with Crippen molar-refractivity contribution in [3.05, 3.63) is 40.9 Å². The predicted molar refractivity (Wildman–Crippen MR) is 97.0 cm³/mol. The summed E-state index contributed by atoms with van der Waals surface area (Å²) in [5.74, 6) is -1.10. The lowest BCUT2D eigenvalue weighted by Crippen LogP contribution is -2.34. The summed E-state index contributed by atoms with van der Waals surface area (Å²) in [4.78, 5) is 37.1. The highest BCUT2D eigenvalue weighted by Gasteiger charge is 2.36. The summed E-state index contributed by atoms with van der Waals surface area (Å²) < 4.78 is 6.66. The largest absolute Gasteiger partial charge is 0.468 e. The Balaban J connectivity index is 1.99. The minimum absolute atomic E-state index is 0.265. The van der Waals surface area contributed by atoms with E-state index in [0.29, 0.717) is 4.91 Å². The standard InChI is InChI=1S/C18H18N2O4S/c1-11(2)19-9-12(13-6-4-5-7-14(13)19)8-15-17(22)20(18(23)25-15)10-16(21)24-3/h4-9,11H,10H2,1-3H3/b15-8-. The number of aromatic nitrogens is 1. The van der Waals surface area contributed by atoms with Gasteiger partial charge in [0.05, 0.1) is 12.0 Å². The van der Waals surface area contributed by atoms with Gasteiger partial charge in [0.2, 0.25) is 0 Å². The number of rotatable bonds is 4. The van der Waals surface area contributed by atoms with E-state index in [-0.39, 0.29) is 12.6 Å². The van der Waals surface area contributed by atoms with Crippen molar-refractivity contribution in [2.24, 2.45) is 0 Å². The number of benzene rings is 1. The summed E-state index contributed by atoms with van der Waals surface area (Å²) in [5.41, 5.74) is 1.94. The summed E-state index contributed by atoms with van der Waals surface area (Å²) in [7, 11) is 1.22. The summed E-state index contributed by atoms with van der Waals surface area (Å²) in [5, 5.41) is 0.546. The van der Waals surface area contributed by atoms with Crippen molar-refractivity contribution in [3.8, 4) is 0 Å². The fourth-order valence-corrected chi connectivity index (χ4v) is 3.57. The minimum atomic E-state index is -0.625. The van der Waals surface area contributed by atoms with Crippen molar-refractivity contribution in [3.63, 3.8) is 0 Å². The van der Waals surface area contributed by atoms with Gasteiger partial charge in [-0.15, -0.1) is 0 Å². The Morgan fingerprint density at radius 1 is 1.28 bits per heavy atom. The zero-order valence-electron chi connectivity index (χ0n) is 14.2. The van der Waals surface area contributed by atoms with Crippen LogP contribution < -0.4 is 0 Å². The van der Waals surface area contributed by atoms with Crippen LogP contribution in [-0.2, 0) is 14.3 Å². The number of carbonyl (C=O) groups is 3. The highest BCUT2D eigenvalue weighted by Crippen LogP contribution is 2.34. The number of thioether (sulfide) groups is 1. The SMILES string of the molecule is COC(=O)CN1C(=O)S/C(=C\c2cn(C(C)C)c3ccccc23)C1=O. The highest BCUT2D eigenvalue weighted by atomic mass is 32.2. The molecule has 0 radical (unpaired) electrons. The molecule has 0 aliphatic carbocycles. The Bertz CT molecular complexity index is 898. The Hall–Kier alpha value is -2.54. The quantitative estimate of drug-likeness (QED) is 0.619. The molecule has 0 unspecified atom stereocenters. The number of para-hydroxylation sites is 1. The molecule has 7 heteroatoms. The van der Waals surface area contributed by atoms with Crippen LogP contribution in [0, 0.1) is 0 Å². The van der Waals surface area contributed by atoms with Crippen molar-refractivity contribution in [1.82, 2.24) is 9.47 Å². The van der Waals surface area contributed by atoms with Gasteiger partial charge in [-0.3, -0.25) is 19.3 Å². The lowest BCUT2D eigenvalue weighted by Gasteiger charge is -2.09. The zero-order valence-corrected chi connectivity index (χ0v) is 15.0. The zero-order chi connectivity index (χ0) is 18.1. The lowest BCUT2D eigenvalue weighted by atomic mass is 10.1. The van der Waals surface area contributed by atoms with Gasteiger partial charge in [-0.2, -0.15) is 0 Å². The summed E-state index contributed by atoms with van der Waals surface area (Å²) in [6.45, 7) is 3.80. The smallest absolute Gasteiger partial charge is 0.325 e. The number of hydrogen-bond donors (Lipinski definition) is 0. The second-order valence-electron chi connectivity index (χ2n) is 5.95. The second-order valence-corrected chi connectivity index (χ2v) is 6.94. The number of methoxy groups -OCH3 is 1. The molecule has 25 heavy (non-hydrogen) atoms. The third-order valence-electron chi connectivity index (χ3n) is 4.00. The molecule has 130 valence electrons. The van der Waals surface area contributed by atoms with Gasteiger partial charge >= 0.3 is 5.97 Å². The second kappa shape index (κ2) is 6.76. The number of nitrogens with zero attached hydrogens (tertiary/aromatic N) is 2. The number of fused-ring (bicyclic) bond motifs is 1. The van der Waals surface area contributed by atoms with Crippen LogP contribution in [0.5, 0.6) is 0 Å². The molecule has 2 heterocycles. The molecule has 1 aromatic carbocycles. The van der Waals surface area contributed by atoms with Crippen LogP contribution in [0.25, 0.3) is 17.0 Å². The van der Waals surface area contributed by atoms with Crippen LogP contribution in [0.1, 0.15) is 25.5 Å². The summed E-state index contributed by atoms with van der Waals surface area (Å²) in [6.07, 6.45) is 3.69. The van der Waals surface area contributed by atoms with Crippen LogP contribution in [0.15, 0.2) is 35.4 Å². The van der Waals surface area contributed by atoms with Crippen LogP contribution in [0.3, 0.4) is 0 Å². The van der Waals surface area contributed by atoms with E-state index in [9.17, 15) is 14.4 Å². The average Bonchev–Trinajstić information content (AvgIpc) is 3.08. The van der Waals surface area contributed by atoms with Gasteiger partial charge in [-0.1, -0.05) is 18.2 Å². The van der Waals surface area contributed by atoms with Gasteiger partial charge in [0.1, 0.15) is 6.54 Å². The Labute approximate surface area is 149 Å².